The van der Waals surface area contributed by atoms with E-state index >= 15 is 0 Å². The van der Waals surface area contributed by atoms with Crippen LogP contribution in [0.3, 0.4) is 0 Å². The van der Waals surface area contributed by atoms with Crippen LogP contribution in [-0.4, -0.2) is 21.3 Å². The molecule has 0 fully saturated rings. The van der Waals surface area contributed by atoms with Crippen molar-refractivity contribution in [1.82, 2.24) is 20.1 Å². The first-order valence-corrected chi connectivity index (χ1v) is 4.89. The first kappa shape index (κ1) is 14.7. The van der Waals surface area contributed by atoms with E-state index in [2.05, 4.69) is 33.9 Å². The molecule has 1 aromatic heterocycles. The second-order valence-corrected chi connectivity index (χ2v) is 3.96. The third-order valence-electron chi connectivity index (χ3n) is 2.29. The molecule has 1 N–H and O–H groups in total. The maximum Gasteiger partial charge on any atom is 0.147 e. The molecule has 2 rings (SSSR count). The van der Waals surface area contributed by atoms with Crippen LogP contribution < -0.4 is 5.32 Å². The van der Waals surface area contributed by atoms with Crippen molar-refractivity contribution < 1.29 is 0 Å². The van der Waals surface area contributed by atoms with Gasteiger partial charge in [0.1, 0.15) is 11.6 Å². The standard InChI is InChI=1S/C9H16N4.2ClH/c1-7(2)5-8-11-12-9-6-10-3-4-13(8)9;;/h7,10H,3-6H2,1-2H3;2*1H. The summed E-state index contributed by atoms with van der Waals surface area (Å²) in [5.41, 5.74) is 0. The fraction of sp³-hybridized carbons (Fsp3) is 0.778. The lowest BCUT2D eigenvalue weighted by atomic mass is 10.1. The van der Waals surface area contributed by atoms with Crippen LogP contribution in [0.1, 0.15) is 25.5 Å². The number of nitrogens with one attached hydrogen (secondary N) is 1. The molecule has 0 aromatic carbocycles. The van der Waals surface area contributed by atoms with E-state index in [0.717, 1.165) is 37.7 Å². The summed E-state index contributed by atoms with van der Waals surface area (Å²) in [6.07, 6.45) is 1.03. The van der Waals surface area contributed by atoms with Crippen molar-refractivity contribution in [2.24, 2.45) is 5.92 Å². The molecule has 6 heteroatoms. The van der Waals surface area contributed by atoms with E-state index in [1.807, 2.05) is 0 Å². The van der Waals surface area contributed by atoms with Crippen LogP contribution in [0.4, 0.5) is 0 Å². The molecule has 0 atom stereocenters. The van der Waals surface area contributed by atoms with Crippen LogP contribution in [0.25, 0.3) is 0 Å². The van der Waals surface area contributed by atoms with Crippen LogP contribution in [-0.2, 0) is 19.5 Å². The predicted molar refractivity (Wildman–Crippen MR) is 64.8 cm³/mol. The van der Waals surface area contributed by atoms with Crippen molar-refractivity contribution >= 4 is 24.8 Å². The highest BCUT2D eigenvalue weighted by Gasteiger charge is 2.15. The average molecular weight is 253 g/mol. The average Bonchev–Trinajstić information content (AvgIpc) is 2.48. The monoisotopic (exact) mass is 252 g/mol. The number of rotatable bonds is 2. The summed E-state index contributed by atoms with van der Waals surface area (Å²) in [4.78, 5) is 0. The largest absolute Gasteiger partial charge is 0.313 e. The molecule has 0 bridgehead atoms. The predicted octanol–water partition coefficient (Wildman–Crippen LogP) is 1.42. The van der Waals surface area contributed by atoms with Gasteiger partial charge in [0, 0.05) is 19.5 Å². The van der Waals surface area contributed by atoms with Crippen molar-refractivity contribution in [3.8, 4) is 0 Å². The molecular weight excluding hydrogens is 235 g/mol. The van der Waals surface area contributed by atoms with Crippen molar-refractivity contribution in [3.63, 3.8) is 0 Å². The van der Waals surface area contributed by atoms with E-state index in [0.29, 0.717) is 5.92 Å². The van der Waals surface area contributed by atoms with Gasteiger partial charge in [0.25, 0.3) is 0 Å². The highest BCUT2D eigenvalue weighted by molar-refractivity contribution is 5.85. The first-order chi connectivity index (χ1) is 6.27. The molecule has 0 unspecified atom stereocenters. The Bertz CT molecular complexity index is 298. The zero-order chi connectivity index (χ0) is 9.26. The lowest BCUT2D eigenvalue weighted by molar-refractivity contribution is 0.481. The Kier molecular flexibility index (Phi) is 6.17. The number of nitrogens with zero attached hydrogens (tertiary/aromatic N) is 3. The summed E-state index contributed by atoms with van der Waals surface area (Å²) in [7, 11) is 0. The zero-order valence-electron chi connectivity index (χ0n) is 9.06. The van der Waals surface area contributed by atoms with Crippen LogP contribution in [0.5, 0.6) is 0 Å². The van der Waals surface area contributed by atoms with E-state index in [4.69, 9.17) is 0 Å². The molecule has 0 saturated heterocycles. The highest BCUT2D eigenvalue weighted by atomic mass is 35.5. The quantitative estimate of drug-likeness (QED) is 0.866. The Morgan fingerprint density at radius 2 is 2.07 bits per heavy atom. The molecule has 0 radical (unpaired) electrons. The SMILES string of the molecule is CC(C)Cc1nnc2n1CCNC2.Cl.Cl. The second kappa shape index (κ2) is 6.30. The topological polar surface area (TPSA) is 42.7 Å². The van der Waals surface area contributed by atoms with Gasteiger partial charge in [0.2, 0.25) is 0 Å². The number of aromatic nitrogens is 3. The minimum atomic E-state index is 0. The zero-order valence-corrected chi connectivity index (χ0v) is 10.7. The number of hydrogen-bond acceptors (Lipinski definition) is 3. The smallest absolute Gasteiger partial charge is 0.147 e. The molecule has 1 aliphatic heterocycles. The Balaban J connectivity index is 0.000000980. The van der Waals surface area contributed by atoms with E-state index in [9.17, 15) is 0 Å². The van der Waals surface area contributed by atoms with Gasteiger partial charge in [-0.05, 0) is 5.92 Å². The van der Waals surface area contributed by atoms with Gasteiger partial charge in [0.15, 0.2) is 0 Å². The van der Waals surface area contributed by atoms with Gasteiger partial charge in [-0.1, -0.05) is 13.8 Å². The Labute approximate surface area is 103 Å². The molecule has 0 saturated carbocycles. The van der Waals surface area contributed by atoms with Gasteiger partial charge in [-0.25, -0.2) is 0 Å². The molecule has 1 aromatic rings. The van der Waals surface area contributed by atoms with Gasteiger partial charge in [-0.3, -0.25) is 0 Å². The van der Waals surface area contributed by atoms with E-state index in [1.165, 1.54) is 0 Å². The molecule has 0 aliphatic carbocycles. The third kappa shape index (κ3) is 3.33. The van der Waals surface area contributed by atoms with Crippen molar-refractivity contribution in [1.29, 1.82) is 0 Å². The van der Waals surface area contributed by atoms with Crippen LogP contribution in [0.15, 0.2) is 0 Å². The molecule has 15 heavy (non-hydrogen) atoms. The molecule has 0 spiro atoms. The molecular formula is C9H18Cl2N4. The third-order valence-corrected chi connectivity index (χ3v) is 2.29. The van der Waals surface area contributed by atoms with E-state index < -0.39 is 0 Å². The number of halogens is 2. The molecule has 4 nitrogen and oxygen atoms in total. The maximum atomic E-state index is 4.21. The lowest BCUT2D eigenvalue weighted by Gasteiger charge is -2.16. The van der Waals surface area contributed by atoms with Gasteiger partial charge < -0.3 is 9.88 Å². The van der Waals surface area contributed by atoms with Gasteiger partial charge in [0.05, 0.1) is 6.54 Å². The molecule has 2 heterocycles. The molecule has 1 aliphatic rings. The summed E-state index contributed by atoms with van der Waals surface area (Å²) >= 11 is 0. The van der Waals surface area contributed by atoms with E-state index in [1.54, 1.807) is 0 Å². The van der Waals surface area contributed by atoms with Crippen molar-refractivity contribution in [2.75, 3.05) is 6.54 Å². The first-order valence-electron chi connectivity index (χ1n) is 4.89. The Hall–Kier alpha value is -0.320. The summed E-state index contributed by atoms with van der Waals surface area (Å²) < 4.78 is 2.25. The fourth-order valence-electron chi connectivity index (χ4n) is 1.67. The lowest BCUT2D eigenvalue weighted by Crippen LogP contribution is -2.29. The van der Waals surface area contributed by atoms with Crippen LogP contribution in [0.2, 0.25) is 0 Å². The summed E-state index contributed by atoms with van der Waals surface area (Å²) in [5.74, 6) is 2.89. The van der Waals surface area contributed by atoms with Crippen LogP contribution in [0, 0.1) is 5.92 Å². The van der Waals surface area contributed by atoms with Crippen LogP contribution >= 0.6 is 24.8 Å². The Morgan fingerprint density at radius 3 is 2.73 bits per heavy atom. The number of fused-ring (bicyclic) bond motifs is 1. The van der Waals surface area contributed by atoms with Gasteiger partial charge in [-0.15, -0.1) is 35.0 Å². The molecule has 0 amide bonds. The Morgan fingerprint density at radius 1 is 1.33 bits per heavy atom. The highest BCUT2D eigenvalue weighted by Crippen LogP contribution is 2.09. The maximum absolute atomic E-state index is 4.21. The normalized spacial score (nSPS) is 14.1. The summed E-state index contributed by atoms with van der Waals surface area (Å²) in [6, 6.07) is 0. The minimum Gasteiger partial charge on any atom is -0.313 e. The van der Waals surface area contributed by atoms with Gasteiger partial charge in [-0.2, -0.15) is 0 Å². The van der Waals surface area contributed by atoms with Crippen molar-refractivity contribution in [2.45, 2.75) is 33.4 Å². The summed E-state index contributed by atoms with van der Waals surface area (Å²) in [5, 5.41) is 11.7. The summed E-state index contributed by atoms with van der Waals surface area (Å²) in [6.45, 7) is 7.34. The minimum absolute atomic E-state index is 0. The molecule has 88 valence electrons. The second-order valence-electron chi connectivity index (χ2n) is 3.96. The number of hydrogen-bond donors (Lipinski definition) is 1. The van der Waals surface area contributed by atoms with E-state index in [-0.39, 0.29) is 24.8 Å². The van der Waals surface area contributed by atoms with Crippen molar-refractivity contribution in [3.05, 3.63) is 11.6 Å². The van der Waals surface area contributed by atoms with Gasteiger partial charge >= 0.3 is 0 Å². The fourth-order valence-corrected chi connectivity index (χ4v) is 1.67.